The zero-order valence-corrected chi connectivity index (χ0v) is 8.50. The van der Waals surface area contributed by atoms with Gasteiger partial charge in [0.05, 0.1) is 6.61 Å². The topological polar surface area (TPSA) is 9.23 Å². The van der Waals surface area contributed by atoms with E-state index in [4.69, 9.17) is 11.6 Å². The highest BCUT2D eigenvalue weighted by molar-refractivity contribution is 9.10. The Hall–Kier alpha value is 0.260. The summed E-state index contributed by atoms with van der Waals surface area (Å²) in [6.07, 6.45) is 1.61. The summed E-state index contributed by atoms with van der Waals surface area (Å²) in [6.45, 7) is 0.0292. The number of hydrogen-bond donors (Lipinski definition) is 0. The Labute approximate surface area is 81.7 Å². The molecular formula is C6H7BrClF3O. The van der Waals surface area contributed by atoms with Crippen LogP contribution in [0, 0.1) is 0 Å². The van der Waals surface area contributed by atoms with Crippen molar-refractivity contribution in [2.45, 2.75) is 9.96 Å². The second-order valence-corrected chi connectivity index (χ2v) is 3.52. The van der Waals surface area contributed by atoms with Crippen LogP contribution in [0.25, 0.3) is 0 Å². The molecule has 12 heavy (non-hydrogen) atoms. The summed E-state index contributed by atoms with van der Waals surface area (Å²) in [6, 6.07) is 0. The Kier molecular flexibility index (Phi) is 4.58. The molecular weight excluding hydrogens is 260 g/mol. The predicted octanol–water partition coefficient (Wildman–Crippen LogP) is 3.08. The smallest absolute Gasteiger partial charge is 0.352 e. The lowest BCUT2D eigenvalue weighted by atomic mass is 10.3. The Bertz CT molecular complexity index is 167. The van der Waals surface area contributed by atoms with Crippen molar-refractivity contribution in [2.24, 2.45) is 0 Å². The van der Waals surface area contributed by atoms with E-state index < -0.39 is 9.96 Å². The van der Waals surface area contributed by atoms with Crippen LogP contribution in [0.15, 0.2) is 12.2 Å². The normalized spacial score (nSPS) is 18.2. The molecule has 1 atom stereocenters. The first-order valence-electron chi connectivity index (χ1n) is 2.92. The molecule has 0 amide bonds. The number of hydrogen-bond acceptors (Lipinski definition) is 1. The van der Waals surface area contributed by atoms with Gasteiger partial charge in [-0.15, -0.1) is 0 Å². The van der Waals surface area contributed by atoms with Crippen LogP contribution >= 0.6 is 27.5 Å². The molecule has 0 bridgehead atoms. The Balaban J connectivity index is 4.22. The molecule has 0 saturated carbocycles. The van der Waals surface area contributed by atoms with Crippen molar-refractivity contribution in [3.63, 3.8) is 0 Å². The average molecular weight is 267 g/mol. The first kappa shape index (κ1) is 12.3. The highest BCUT2D eigenvalue weighted by Gasteiger charge is 2.49. The minimum Gasteiger partial charge on any atom is -0.381 e. The van der Waals surface area contributed by atoms with E-state index in [2.05, 4.69) is 4.74 Å². The van der Waals surface area contributed by atoms with Crippen LogP contribution in [-0.4, -0.2) is 23.7 Å². The maximum Gasteiger partial charge on any atom is 0.352 e. The molecule has 0 fully saturated rings. The summed E-state index contributed by atoms with van der Waals surface area (Å²) in [4.78, 5) is -3.79. The van der Waals surface area contributed by atoms with Crippen molar-refractivity contribution in [3.8, 4) is 0 Å². The van der Waals surface area contributed by atoms with Crippen molar-refractivity contribution in [1.29, 1.82) is 0 Å². The van der Waals surface area contributed by atoms with E-state index in [1.165, 1.54) is 7.11 Å². The van der Waals surface area contributed by atoms with Gasteiger partial charge in [-0.2, -0.15) is 8.78 Å². The standard InChI is InChI=1S/C6H7BrClF3O/c1-12-4-2-3-5(8,9)6(7,10)11/h2-3H,4H2,1H3/b3-2+. The van der Waals surface area contributed by atoms with Crippen LogP contribution in [0.5, 0.6) is 0 Å². The summed E-state index contributed by atoms with van der Waals surface area (Å²) >= 11 is 6.66. The number of halogens is 5. The van der Waals surface area contributed by atoms with E-state index in [-0.39, 0.29) is 6.61 Å². The zero-order chi connectivity index (χ0) is 9.83. The van der Waals surface area contributed by atoms with Crippen molar-refractivity contribution in [1.82, 2.24) is 0 Å². The van der Waals surface area contributed by atoms with Crippen LogP contribution in [-0.2, 0) is 4.74 Å². The number of rotatable bonds is 4. The molecule has 0 aromatic rings. The highest BCUT2D eigenvalue weighted by atomic mass is 79.9. The van der Waals surface area contributed by atoms with Gasteiger partial charge in [-0.25, -0.2) is 4.39 Å². The van der Waals surface area contributed by atoms with Gasteiger partial charge in [0.15, 0.2) is 0 Å². The molecule has 0 aliphatic heterocycles. The highest BCUT2D eigenvalue weighted by Crippen LogP contribution is 2.42. The van der Waals surface area contributed by atoms with Crippen LogP contribution in [0.1, 0.15) is 0 Å². The second-order valence-electron chi connectivity index (χ2n) is 1.98. The fourth-order valence-corrected chi connectivity index (χ4v) is 0.608. The summed E-state index contributed by atoms with van der Waals surface area (Å²) in [7, 11) is 1.35. The van der Waals surface area contributed by atoms with Gasteiger partial charge < -0.3 is 4.74 Å². The molecule has 0 rings (SSSR count). The quantitative estimate of drug-likeness (QED) is 0.562. The molecule has 0 N–H and O–H groups in total. The SMILES string of the molecule is COC/C=C/C(F)(Cl)C(F)(F)Br. The third-order valence-electron chi connectivity index (χ3n) is 0.968. The zero-order valence-electron chi connectivity index (χ0n) is 6.16. The molecule has 1 nitrogen and oxygen atoms in total. The minimum absolute atomic E-state index is 0.0292. The van der Waals surface area contributed by atoms with E-state index in [0.29, 0.717) is 6.08 Å². The second kappa shape index (κ2) is 4.48. The van der Waals surface area contributed by atoms with Crippen LogP contribution in [0.4, 0.5) is 13.2 Å². The lowest BCUT2D eigenvalue weighted by molar-refractivity contribution is 0.0215. The van der Waals surface area contributed by atoms with E-state index in [1.807, 2.05) is 15.9 Å². The molecule has 0 aliphatic rings. The largest absolute Gasteiger partial charge is 0.381 e. The maximum atomic E-state index is 12.7. The lowest BCUT2D eigenvalue weighted by Crippen LogP contribution is -2.31. The molecule has 0 heterocycles. The van der Waals surface area contributed by atoms with Gasteiger partial charge in [-0.1, -0.05) is 17.7 Å². The molecule has 0 saturated heterocycles. The minimum atomic E-state index is -3.79. The summed E-state index contributed by atoms with van der Waals surface area (Å²) in [5, 5.41) is -3.22. The fraction of sp³-hybridized carbons (Fsp3) is 0.667. The van der Waals surface area contributed by atoms with Crippen LogP contribution < -0.4 is 0 Å². The van der Waals surface area contributed by atoms with Crippen molar-refractivity contribution < 1.29 is 17.9 Å². The third kappa shape index (κ3) is 3.78. The van der Waals surface area contributed by atoms with Gasteiger partial charge in [0, 0.05) is 7.11 Å². The average Bonchev–Trinajstić information content (AvgIpc) is 1.85. The molecule has 6 heteroatoms. The van der Waals surface area contributed by atoms with Gasteiger partial charge >= 0.3 is 4.83 Å². The Morgan fingerprint density at radius 1 is 1.50 bits per heavy atom. The van der Waals surface area contributed by atoms with E-state index in [0.717, 1.165) is 6.08 Å². The summed E-state index contributed by atoms with van der Waals surface area (Å²) in [5.74, 6) is 0. The molecule has 0 aromatic carbocycles. The predicted molar refractivity (Wildman–Crippen MR) is 44.6 cm³/mol. The van der Waals surface area contributed by atoms with Gasteiger partial charge in [0.2, 0.25) is 0 Å². The van der Waals surface area contributed by atoms with Crippen molar-refractivity contribution >= 4 is 27.5 Å². The summed E-state index contributed by atoms with van der Waals surface area (Å²) < 4.78 is 41.7. The van der Waals surface area contributed by atoms with E-state index in [9.17, 15) is 13.2 Å². The van der Waals surface area contributed by atoms with Gasteiger partial charge in [0.25, 0.3) is 5.13 Å². The molecule has 0 aromatic heterocycles. The number of ether oxygens (including phenoxy) is 1. The van der Waals surface area contributed by atoms with Gasteiger partial charge in [-0.3, -0.25) is 0 Å². The number of alkyl halides is 5. The number of allylic oxidation sites excluding steroid dienone is 1. The Morgan fingerprint density at radius 2 is 2.00 bits per heavy atom. The fourth-order valence-electron chi connectivity index (χ4n) is 0.387. The first-order valence-corrected chi connectivity index (χ1v) is 4.09. The van der Waals surface area contributed by atoms with Crippen molar-refractivity contribution in [3.05, 3.63) is 12.2 Å². The van der Waals surface area contributed by atoms with E-state index in [1.54, 1.807) is 0 Å². The summed E-state index contributed by atoms with van der Waals surface area (Å²) in [5.41, 5.74) is 0. The Morgan fingerprint density at radius 3 is 2.33 bits per heavy atom. The monoisotopic (exact) mass is 266 g/mol. The van der Waals surface area contributed by atoms with Gasteiger partial charge in [0.1, 0.15) is 0 Å². The third-order valence-corrected chi connectivity index (χ3v) is 2.14. The van der Waals surface area contributed by atoms with E-state index >= 15 is 0 Å². The first-order chi connectivity index (χ1) is 5.31. The van der Waals surface area contributed by atoms with Crippen molar-refractivity contribution in [2.75, 3.05) is 13.7 Å². The molecule has 1 unspecified atom stereocenters. The molecule has 0 spiro atoms. The van der Waals surface area contributed by atoms with Crippen LogP contribution in [0.2, 0.25) is 0 Å². The maximum absolute atomic E-state index is 12.7. The van der Waals surface area contributed by atoms with Crippen LogP contribution in [0.3, 0.4) is 0 Å². The van der Waals surface area contributed by atoms with Gasteiger partial charge in [-0.05, 0) is 22.0 Å². The lowest BCUT2D eigenvalue weighted by Gasteiger charge is -2.18. The number of methoxy groups -OCH3 is 1. The molecule has 72 valence electrons. The molecule has 0 radical (unpaired) electrons. The molecule has 0 aliphatic carbocycles.